The number of Topliss-reactive ketones (excluding diaryl/α,β-unsaturated/α-hetero) is 1. The Labute approximate surface area is 125 Å². The average molecular weight is 289 g/mol. The summed E-state index contributed by atoms with van der Waals surface area (Å²) in [4.78, 5) is 25.4. The largest absolute Gasteiger partial charge is 0.395 e. The summed E-state index contributed by atoms with van der Waals surface area (Å²) >= 11 is 0. The number of ketones is 1. The summed E-state index contributed by atoms with van der Waals surface area (Å²) in [5.41, 5.74) is 3.36. The van der Waals surface area contributed by atoms with Crippen LogP contribution < -0.4 is 0 Å². The van der Waals surface area contributed by atoms with Gasteiger partial charge in [-0.3, -0.25) is 9.59 Å². The molecule has 1 aliphatic rings. The van der Waals surface area contributed by atoms with Crippen LogP contribution in [-0.2, 0) is 17.6 Å². The lowest BCUT2D eigenvalue weighted by molar-refractivity contribution is -0.130. The number of amides is 1. The summed E-state index contributed by atoms with van der Waals surface area (Å²) < 4.78 is 0. The van der Waals surface area contributed by atoms with Gasteiger partial charge in [0.1, 0.15) is 0 Å². The molecule has 21 heavy (non-hydrogen) atoms. The van der Waals surface area contributed by atoms with Crippen molar-refractivity contribution in [3.63, 3.8) is 0 Å². The highest BCUT2D eigenvalue weighted by atomic mass is 16.3. The van der Waals surface area contributed by atoms with Gasteiger partial charge < -0.3 is 10.0 Å². The normalized spacial score (nSPS) is 13.6. The van der Waals surface area contributed by atoms with Crippen molar-refractivity contribution in [1.29, 1.82) is 0 Å². The molecule has 0 atom stereocenters. The minimum Gasteiger partial charge on any atom is -0.395 e. The van der Waals surface area contributed by atoms with Crippen LogP contribution in [-0.4, -0.2) is 41.9 Å². The van der Waals surface area contributed by atoms with E-state index >= 15 is 0 Å². The second-order valence-electron chi connectivity index (χ2n) is 5.65. The maximum atomic E-state index is 12.2. The van der Waals surface area contributed by atoms with Crippen LogP contribution >= 0.6 is 0 Å². The molecule has 0 aliphatic heterocycles. The molecule has 4 nitrogen and oxygen atoms in total. The molecule has 0 aromatic heterocycles. The van der Waals surface area contributed by atoms with Crippen molar-refractivity contribution in [2.24, 2.45) is 0 Å². The number of aliphatic hydroxyl groups excluding tert-OH is 1. The molecule has 1 aromatic carbocycles. The van der Waals surface area contributed by atoms with Crippen LogP contribution in [0, 0.1) is 0 Å². The Morgan fingerprint density at radius 1 is 1.14 bits per heavy atom. The van der Waals surface area contributed by atoms with E-state index in [-0.39, 0.29) is 31.1 Å². The van der Waals surface area contributed by atoms with Gasteiger partial charge in [-0.1, -0.05) is 12.1 Å². The molecule has 0 heterocycles. The Hall–Kier alpha value is -1.68. The number of aliphatic hydroxyl groups is 1. The van der Waals surface area contributed by atoms with E-state index in [0.29, 0.717) is 12.1 Å². The fraction of sp³-hybridized carbons (Fsp3) is 0.529. The van der Waals surface area contributed by atoms with E-state index in [1.54, 1.807) is 7.05 Å². The average Bonchev–Trinajstić information content (AvgIpc) is 2.52. The van der Waals surface area contributed by atoms with Gasteiger partial charge in [0, 0.05) is 32.0 Å². The molecule has 0 spiro atoms. The van der Waals surface area contributed by atoms with E-state index in [0.717, 1.165) is 12.8 Å². The topological polar surface area (TPSA) is 57.6 Å². The maximum absolute atomic E-state index is 12.2. The molecule has 4 heteroatoms. The summed E-state index contributed by atoms with van der Waals surface area (Å²) in [5.74, 6) is -0.0792. The summed E-state index contributed by atoms with van der Waals surface area (Å²) in [6, 6.07) is 5.94. The van der Waals surface area contributed by atoms with Crippen LogP contribution in [0.3, 0.4) is 0 Å². The van der Waals surface area contributed by atoms with E-state index < -0.39 is 0 Å². The molecule has 1 amide bonds. The number of likely N-dealkylation sites (N-methyl/N-ethyl adjacent to an activating group) is 1. The zero-order valence-electron chi connectivity index (χ0n) is 12.6. The highest BCUT2D eigenvalue weighted by Crippen LogP contribution is 2.23. The van der Waals surface area contributed by atoms with Gasteiger partial charge >= 0.3 is 0 Å². The van der Waals surface area contributed by atoms with E-state index in [4.69, 9.17) is 5.11 Å². The van der Waals surface area contributed by atoms with Gasteiger partial charge in [-0.15, -0.1) is 0 Å². The molecule has 1 N–H and O–H groups in total. The van der Waals surface area contributed by atoms with E-state index in [1.807, 2.05) is 12.1 Å². The van der Waals surface area contributed by atoms with Gasteiger partial charge in [0.15, 0.2) is 5.78 Å². The highest BCUT2D eigenvalue weighted by Gasteiger charge is 2.15. The Morgan fingerprint density at radius 2 is 1.86 bits per heavy atom. The van der Waals surface area contributed by atoms with Gasteiger partial charge in [0.2, 0.25) is 5.91 Å². The molecule has 1 aromatic rings. The molecule has 0 radical (unpaired) electrons. The van der Waals surface area contributed by atoms with Crippen molar-refractivity contribution in [2.45, 2.75) is 38.5 Å². The lowest BCUT2D eigenvalue weighted by Crippen LogP contribution is -2.29. The van der Waals surface area contributed by atoms with Crippen LogP contribution in [0.5, 0.6) is 0 Å². The molecule has 0 fully saturated rings. The summed E-state index contributed by atoms with van der Waals surface area (Å²) in [5, 5.41) is 8.79. The first-order valence-corrected chi connectivity index (χ1v) is 7.61. The minimum atomic E-state index is -0.102. The Kier molecular flexibility index (Phi) is 5.51. The summed E-state index contributed by atoms with van der Waals surface area (Å²) in [6.07, 6.45) is 5.00. The minimum absolute atomic E-state index is 0.0223. The second kappa shape index (κ2) is 7.36. The number of nitrogens with zero attached hydrogens (tertiary/aromatic N) is 1. The number of carbonyl (C=O) groups is 2. The number of carbonyl (C=O) groups excluding carboxylic acids is 2. The van der Waals surface area contributed by atoms with Crippen molar-refractivity contribution in [3.05, 3.63) is 34.9 Å². The molecule has 0 bridgehead atoms. The van der Waals surface area contributed by atoms with Crippen LogP contribution in [0.25, 0.3) is 0 Å². The number of aryl methyl sites for hydroxylation is 2. The van der Waals surface area contributed by atoms with Gasteiger partial charge in [0.05, 0.1) is 6.61 Å². The second-order valence-corrected chi connectivity index (χ2v) is 5.65. The van der Waals surface area contributed by atoms with E-state index in [2.05, 4.69) is 6.07 Å². The van der Waals surface area contributed by atoms with Gasteiger partial charge in [-0.05, 0) is 42.9 Å². The van der Waals surface area contributed by atoms with Crippen molar-refractivity contribution in [1.82, 2.24) is 4.90 Å². The Bertz CT molecular complexity index is 525. The Morgan fingerprint density at radius 3 is 2.57 bits per heavy atom. The predicted molar refractivity (Wildman–Crippen MR) is 81.4 cm³/mol. The standard InChI is InChI=1S/C17H23NO3/c1-18(10-11-19)17(21)9-8-16(20)15-7-6-13-4-2-3-5-14(13)12-15/h6-7,12,19H,2-5,8-11H2,1H3. The van der Waals surface area contributed by atoms with Crippen LogP contribution in [0.1, 0.15) is 47.2 Å². The first-order valence-electron chi connectivity index (χ1n) is 7.61. The summed E-state index contributed by atoms with van der Waals surface area (Å²) in [6.45, 7) is 0.257. The molecule has 1 aliphatic carbocycles. The van der Waals surface area contributed by atoms with E-state index in [1.165, 1.54) is 28.9 Å². The molecule has 0 saturated carbocycles. The number of rotatable bonds is 6. The fourth-order valence-electron chi connectivity index (χ4n) is 2.74. The van der Waals surface area contributed by atoms with E-state index in [9.17, 15) is 9.59 Å². The van der Waals surface area contributed by atoms with Gasteiger partial charge in [-0.25, -0.2) is 0 Å². The van der Waals surface area contributed by atoms with Gasteiger partial charge in [-0.2, -0.15) is 0 Å². The van der Waals surface area contributed by atoms with Crippen LogP contribution in [0.4, 0.5) is 0 Å². The van der Waals surface area contributed by atoms with Crippen molar-refractivity contribution >= 4 is 11.7 Å². The van der Waals surface area contributed by atoms with Gasteiger partial charge in [0.25, 0.3) is 0 Å². The zero-order valence-corrected chi connectivity index (χ0v) is 12.6. The third-order valence-electron chi connectivity index (χ3n) is 4.10. The van der Waals surface area contributed by atoms with Crippen LogP contribution in [0.15, 0.2) is 18.2 Å². The third kappa shape index (κ3) is 4.14. The molecule has 0 saturated heterocycles. The zero-order chi connectivity index (χ0) is 15.2. The first kappa shape index (κ1) is 15.7. The maximum Gasteiger partial charge on any atom is 0.222 e. The molecule has 2 rings (SSSR count). The lowest BCUT2D eigenvalue weighted by atomic mass is 9.89. The molecular formula is C17H23NO3. The number of hydrogen-bond donors (Lipinski definition) is 1. The van der Waals surface area contributed by atoms with Crippen LogP contribution in [0.2, 0.25) is 0 Å². The number of benzene rings is 1. The molecule has 0 unspecified atom stereocenters. The summed E-state index contributed by atoms with van der Waals surface area (Å²) in [7, 11) is 1.64. The van der Waals surface area contributed by atoms with Crippen molar-refractivity contribution in [3.8, 4) is 0 Å². The lowest BCUT2D eigenvalue weighted by Gasteiger charge is -2.17. The molecule has 114 valence electrons. The number of hydrogen-bond acceptors (Lipinski definition) is 3. The van der Waals surface area contributed by atoms with Crippen molar-refractivity contribution in [2.75, 3.05) is 20.2 Å². The number of fused-ring (bicyclic) bond motifs is 1. The fourth-order valence-corrected chi connectivity index (χ4v) is 2.74. The third-order valence-corrected chi connectivity index (χ3v) is 4.10. The molecular weight excluding hydrogens is 266 g/mol. The highest BCUT2D eigenvalue weighted by molar-refractivity contribution is 5.98. The SMILES string of the molecule is CN(CCO)C(=O)CCC(=O)c1ccc2c(c1)CCCC2. The quantitative estimate of drug-likeness (QED) is 0.815. The van der Waals surface area contributed by atoms with Crippen molar-refractivity contribution < 1.29 is 14.7 Å². The monoisotopic (exact) mass is 289 g/mol. The first-order chi connectivity index (χ1) is 10.1. The Balaban J connectivity index is 1.93. The smallest absolute Gasteiger partial charge is 0.222 e. The predicted octanol–water partition coefficient (Wildman–Crippen LogP) is 1.98.